The molecule has 1 rings (SSSR count). The van der Waals surface area contributed by atoms with Gasteiger partial charge in [-0.2, -0.15) is 0 Å². The normalized spacial score (nSPS) is 26.6. The Morgan fingerprint density at radius 1 is 1.15 bits per heavy atom. The van der Waals surface area contributed by atoms with Crippen LogP contribution in [0.3, 0.4) is 0 Å². The van der Waals surface area contributed by atoms with Crippen LogP contribution in [0.5, 0.6) is 0 Å². The molecule has 1 saturated carbocycles. The lowest BCUT2D eigenvalue weighted by atomic mass is 9.63. The van der Waals surface area contributed by atoms with Crippen LogP contribution in [0.25, 0.3) is 0 Å². The molecule has 0 heterocycles. The largest absolute Gasteiger partial charge is 0.481 e. The summed E-state index contributed by atoms with van der Waals surface area (Å²) in [5.41, 5.74) is -1.03. The summed E-state index contributed by atoms with van der Waals surface area (Å²) in [5, 5.41) is 18.9. The molecule has 2 N–H and O–H groups in total. The summed E-state index contributed by atoms with van der Waals surface area (Å²) < 4.78 is 0. The predicted molar refractivity (Wildman–Crippen MR) is 77.6 cm³/mol. The SMILES string of the molecule is CC(C)CCCCCC1(C(=O)O)CCCCC1C(=O)O. The van der Waals surface area contributed by atoms with Crippen LogP contribution in [0, 0.1) is 17.3 Å². The van der Waals surface area contributed by atoms with E-state index >= 15 is 0 Å². The molecule has 0 aromatic heterocycles. The highest BCUT2D eigenvalue weighted by atomic mass is 16.4. The fraction of sp³-hybridized carbons (Fsp3) is 0.875. The minimum Gasteiger partial charge on any atom is -0.481 e. The van der Waals surface area contributed by atoms with Crippen molar-refractivity contribution in [3.8, 4) is 0 Å². The zero-order valence-electron chi connectivity index (χ0n) is 12.7. The Bertz CT molecular complexity index is 337. The second kappa shape index (κ2) is 7.65. The summed E-state index contributed by atoms with van der Waals surface area (Å²) in [6, 6.07) is 0. The molecule has 0 aromatic rings. The van der Waals surface area contributed by atoms with Crippen molar-refractivity contribution in [3.63, 3.8) is 0 Å². The van der Waals surface area contributed by atoms with E-state index in [0.29, 0.717) is 25.2 Å². The number of carboxylic acids is 2. The standard InChI is InChI=1S/C16H28O4/c1-12(2)8-4-3-6-10-16(15(19)20)11-7-5-9-13(16)14(17)18/h12-13H,3-11H2,1-2H3,(H,17,18)(H,19,20). The summed E-state index contributed by atoms with van der Waals surface area (Å²) in [5.74, 6) is -1.88. The van der Waals surface area contributed by atoms with Crippen molar-refractivity contribution in [2.45, 2.75) is 71.6 Å². The molecule has 116 valence electrons. The third-order valence-electron chi connectivity index (χ3n) is 4.66. The molecule has 1 aliphatic rings. The molecule has 0 saturated heterocycles. The minimum absolute atomic E-state index is 0.508. The second-order valence-corrected chi connectivity index (χ2v) is 6.59. The van der Waals surface area contributed by atoms with Gasteiger partial charge in [-0.1, -0.05) is 52.4 Å². The van der Waals surface area contributed by atoms with Crippen molar-refractivity contribution in [2.75, 3.05) is 0 Å². The summed E-state index contributed by atoms with van der Waals surface area (Å²) in [6.45, 7) is 4.36. The number of aliphatic carboxylic acids is 2. The highest BCUT2D eigenvalue weighted by Gasteiger charge is 2.50. The van der Waals surface area contributed by atoms with Gasteiger partial charge in [-0.15, -0.1) is 0 Å². The summed E-state index contributed by atoms with van der Waals surface area (Å²) >= 11 is 0. The Hall–Kier alpha value is -1.06. The first-order chi connectivity index (χ1) is 9.40. The molecule has 0 aliphatic heterocycles. The fourth-order valence-corrected chi connectivity index (χ4v) is 3.43. The quantitative estimate of drug-likeness (QED) is 0.662. The monoisotopic (exact) mass is 284 g/mol. The van der Waals surface area contributed by atoms with E-state index < -0.39 is 23.3 Å². The van der Waals surface area contributed by atoms with E-state index in [1.165, 1.54) is 0 Å². The predicted octanol–water partition coefficient (Wildman–Crippen LogP) is 3.94. The number of carbonyl (C=O) groups is 2. The minimum atomic E-state index is -1.03. The van der Waals surface area contributed by atoms with Crippen molar-refractivity contribution in [3.05, 3.63) is 0 Å². The van der Waals surface area contributed by atoms with Gasteiger partial charge in [0.2, 0.25) is 0 Å². The van der Waals surface area contributed by atoms with Crippen LogP contribution in [0.4, 0.5) is 0 Å². The zero-order chi connectivity index (χ0) is 15.2. The van der Waals surface area contributed by atoms with Crippen molar-refractivity contribution >= 4 is 11.9 Å². The van der Waals surface area contributed by atoms with Gasteiger partial charge >= 0.3 is 11.9 Å². The molecule has 2 atom stereocenters. The number of carboxylic acid groups (broad SMARTS) is 2. The molecule has 20 heavy (non-hydrogen) atoms. The van der Waals surface area contributed by atoms with Gasteiger partial charge in [-0.3, -0.25) is 9.59 Å². The molecule has 2 unspecified atom stereocenters. The molecule has 0 bridgehead atoms. The molecule has 0 aromatic carbocycles. The van der Waals surface area contributed by atoms with E-state index in [0.717, 1.165) is 38.5 Å². The van der Waals surface area contributed by atoms with Crippen LogP contribution in [0.2, 0.25) is 0 Å². The van der Waals surface area contributed by atoms with Gasteiger partial charge in [0.05, 0.1) is 11.3 Å². The van der Waals surface area contributed by atoms with Crippen LogP contribution in [-0.2, 0) is 9.59 Å². The summed E-state index contributed by atoms with van der Waals surface area (Å²) in [7, 11) is 0. The first-order valence-electron chi connectivity index (χ1n) is 7.86. The molecule has 1 fully saturated rings. The van der Waals surface area contributed by atoms with Gasteiger partial charge in [0.25, 0.3) is 0 Å². The van der Waals surface area contributed by atoms with Gasteiger partial charge in [0.1, 0.15) is 0 Å². The van der Waals surface area contributed by atoms with Crippen molar-refractivity contribution in [1.82, 2.24) is 0 Å². The van der Waals surface area contributed by atoms with Gasteiger partial charge in [0, 0.05) is 0 Å². The molecule has 4 nitrogen and oxygen atoms in total. The molecule has 0 radical (unpaired) electrons. The third kappa shape index (κ3) is 4.22. The topological polar surface area (TPSA) is 74.6 Å². The maximum absolute atomic E-state index is 11.7. The Balaban J connectivity index is 2.61. The lowest BCUT2D eigenvalue weighted by Gasteiger charge is -2.38. The first kappa shape index (κ1) is 17.0. The van der Waals surface area contributed by atoms with Crippen molar-refractivity contribution in [1.29, 1.82) is 0 Å². The van der Waals surface area contributed by atoms with Gasteiger partial charge in [0.15, 0.2) is 0 Å². The van der Waals surface area contributed by atoms with E-state index in [2.05, 4.69) is 13.8 Å². The van der Waals surface area contributed by atoms with Gasteiger partial charge < -0.3 is 10.2 Å². The van der Waals surface area contributed by atoms with E-state index in [-0.39, 0.29) is 0 Å². The van der Waals surface area contributed by atoms with Gasteiger partial charge in [-0.25, -0.2) is 0 Å². The van der Waals surface area contributed by atoms with E-state index in [9.17, 15) is 19.8 Å². The molecular weight excluding hydrogens is 256 g/mol. The second-order valence-electron chi connectivity index (χ2n) is 6.59. The maximum atomic E-state index is 11.7. The molecule has 4 heteroatoms. The summed E-state index contributed by atoms with van der Waals surface area (Å²) in [6.07, 6.45) is 7.28. The average molecular weight is 284 g/mol. The van der Waals surface area contributed by atoms with Crippen molar-refractivity contribution in [2.24, 2.45) is 17.3 Å². The first-order valence-corrected chi connectivity index (χ1v) is 7.86. The number of hydrogen-bond acceptors (Lipinski definition) is 2. The van der Waals surface area contributed by atoms with E-state index in [1.54, 1.807) is 0 Å². The Morgan fingerprint density at radius 3 is 2.40 bits per heavy atom. The molecule has 0 amide bonds. The van der Waals surface area contributed by atoms with E-state index in [4.69, 9.17) is 0 Å². The lowest BCUT2D eigenvalue weighted by Crippen LogP contribution is -2.44. The maximum Gasteiger partial charge on any atom is 0.310 e. The Morgan fingerprint density at radius 2 is 1.85 bits per heavy atom. The van der Waals surface area contributed by atoms with Crippen LogP contribution < -0.4 is 0 Å². The molecule has 1 aliphatic carbocycles. The number of unbranched alkanes of at least 4 members (excludes halogenated alkanes) is 2. The van der Waals surface area contributed by atoms with Crippen LogP contribution in [0.15, 0.2) is 0 Å². The Kier molecular flexibility index (Phi) is 6.50. The van der Waals surface area contributed by atoms with Crippen LogP contribution in [0.1, 0.15) is 71.6 Å². The number of hydrogen-bond donors (Lipinski definition) is 2. The zero-order valence-corrected chi connectivity index (χ0v) is 12.7. The van der Waals surface area contributed by atoms with Crippen LogP contribution >= 0.6 is 0 Å². The van der Waals surface area contributed by atoms with Crippen molar-refractivity contribution < 1.29 is 19.8 Å². The molecular formula is C16H28O4. The highest BCUT2D eigenvalue weighted by Crippen LogP contribution is 2.45. The van der Waals surface area contributed by atoms with E-state index in [1.807, 2.05) is 0 Å². The lowest BCUT2D eigenvalue weighted by molar-refractivity contribution is -0.166. The molecule has 0 spiro atoms. The Labute approximate surface area is 121 Å². The fourth-order valence-electron chi connectivity index (χ4n) is 3.43. The third-order valence-corrected chi connectivity index (χ3v) is 4.66. The summed E-state index contributed by atoms with van der Waals surface area (Å²) in [4.78, 5) is 23.1. The van der Waals surface area contributed by atoms with Gasteiger partial charge in [-0.05, 0) is 25.2 Å². The van der Waals surface area contributed by atoms with Crippen LogP contribution in [-0.4, -0.2) is 22.2 Å². The average Bonchev–Trinajstić information content (AvgIpc) is 2.37. The highest BCUT2D eigenvalue weighted by molar-refractivity contribution is 5.83. The smallest absolute Gasteiger partial charge is 0.310 e. The number of rotatable bonds is 8.